The molecule has 2 amide bonds. The van der Waals surface area contributed by atoms with Crippen LogP contribution in [0.5, 0.6) is 0 Å². The van der Waals surface area contributed by atoms with Gasteiger partial charge in [0.05, 0.1) is 6.54 Å². The average molecular weight is 374 g/mol. The minimum absolute atomic E-state index is 0.00632. The summed E-state index contributed by atoms with van der Waals surface area (Å²) in [5, 5.41) is 10.6. The molecule has 2 saturated heterocycles. The minimum atomic E-state index is 0.00632. The second kappa shape index (κ2) is 7.98. The molecule has 0 aliphatic carbocycles. The molecular formula is C19H30N6O2. The third-order valence-corrected chi connectivity index (χ3v) is 6.15. The van der Waals surface area contributed by atoms with Crippen molar-refractivity contribution in [2.75, 3.05) is 45.8 Å². The van der Waals surface area contributed by atoms with Gasteiger partial charge >= 0.3 is 0 Å². The highest BCUT2D eigenvalue weighted by molar-refractivity contribution is 5.94. The van der Waals surface area contributed by atoms with Crippen LogP contribution in [0.3, 0.4) is 0 Å². The van der Waals surface area contributed by atoms with Crippen molar-refractivity contribution in [1.82, 2.24) is 30.2 Å². The smallest absolute Gasteiger partial charge is 0.274 e. The number of rotatable bonds is 3. The fourth-order valence-corrected chi connectivity index (χ4v) is 4.41. The standard InChI is InChI=1S/C19H30N6O2/c1-14-4-2-3-7-25(14)17(26)13-23-8-10-24(11-9-23)19(27)18-15-12-20-6-5-16(15)21-22-18/h14,20H,2-13H2,1H3,(H,21,22). The third-order valence-electron chi connectivity index (χ3n) is 6.15. The Morgan fingerprint density at radius 1 is 1.15 bits per heavy atom. The first-order valence-corrected chi connectivity index (χ1v) is 10.2. The Balaban J connectivity index is 1.30. The van der Waals surface area contributed by atoms with Gasteiger partial charge in [-0.1, -0.05) is 0 Å². The van der Waals surface area contributed by atoms with Gasteiger partial charge in [0, 0.05) is 69.5 Å². The van der Waals surface area contributed by atoms with Crippen molar-refractivity contribution in [3.8, 4) is 0 Å². The lowest BCUT2D eigenvalue weighted by Crippen LogP contribution is -2.53. The van der Waals surface area contributed by atoms with Gasteiger partial charge < -0.3 is 15.1 Å². The zero-order valence-electron chi connectivity index (χ0n) is 16.2. The van der Waals surface area contributed by atoms with Gasteiger partial charge in [0.2, 0.25) is 5.91 Å². The molecule has 0 bridgehead atoms. The fraction of sp³-hybridized carbons (Fsp3) is 0.737. The Labute approximate surface area is 160 Å². The molecule has 8 nitrogen and oxygen atoms in total. The Hall–Kier alpha value is -1.93. The first-order chi connectivity index (χ1) is 13.1. The minimum Gasteiger partial charge on any atom is -0.339 e. The van der Waals surface area contributed by atoms with Crippen LogP contribution >= 0.6 is 0 Å². The predicted octanol–water partition coefficient (Wildman–Crippen LogP) is 0.214. The maximum atomic E-state index is 12.9. The lowest BCUT2D eigenvalue weighted by atomic mass is 10.0. The normalized spacial score (nSPS) is 24.0. The molecule has 1 atom stereocenters. The SMILES string of the molecule is CC1CCCCN1C(=O)CN1CCN(C(=O)c2n[nH]c3c2CNCC3)CC1. The number of piperazine rings is 1. The van der Waals surface area contributed by atoms with Gasteiger partial charge in [-0.2, -0.15) is 5.10 Å². The second-order valence-corrected chi connectivity index (χ2v) is 7.96. The number of nitrogens with zero attached hydrogens (tertiary/aromatic N) is 4. The van der Waals surface area contributed by atoms with Crippen molar-refractivity contribution in [2.45, 2.75) is 45.2 Å². The maximum absolute atomic E-state index is 12.9. The molecule has 1 unspecified atom stereocenters. The quantitative estimate of drug-likeness (QED) is 0.790. The van der Waals surface area contributed by atoms with E-state index in [1.165, 1.54) is 6.42 Å². The van der Waals surface area contributed by atoms with E-state index in [2.05, 4.69) is 27.3 Å². The molecule has 2 N–H and O–H groups in total. The Morgan fingerprint density at radius 3 is 2.74 bits per heavy atom. The molecular weight excluding hydrogens is 344 g/mol. The summed E-state index contributed by atoms with van der Waals surface area (Å²) in [7, 11) is 0. The molecule has 0 saturated carbocycles. The van der Waals surface area contributed by atoms with Crippen LogP contribution in [-0.4, -0.2) is 88.6 Å². The van der Waals surface area contributed by atoms with E-state index >= 15 is 0 Å². The third kappa shape index (κ3) is 3.87. The Kier molecular flexibility index (Phi) is 5.45. The highest BCUT2D eigenvalue weighted by atomic mass is 16.2. The number of H-pyrrole nitrogens is 1. The van der Waals surface area contributed by atoms with Crippen molar-refractivity contribution in [2.24, 2.45) is 0 Å². The number of likely N-dealkylation sites (tertiary alicyclic amines) is 1. The molecule has 3 aliphatic rings. The first-order valence-electron chi connectivity index (χ1n) is 10.2. The molecule has 3 aliphatic heterocycles. The van der Waals surface area contributed by atoms with Crippen LogP contribution in [0.15, 0.2) is 0 Å². The van der Waals surface area contributed by atoms with E-state index in [0.717, 1.165) is 56.7 Å². The van der Waals surface area contributed by atoms with Crippen molar-refractivity contribution >= 4 is 11.8 Å². The van der Waals surface area contributed by atoms with E-state index in [1.807, 2.05) is 9.80 Å². The average Bonchev–Trinajstić information content (AvgIpc) is 3.12. The summed E-state index contributed by atoms with van der Waals surface area (Å²) in [6.45, 7) is 7.90. The van der Waals surface area contributed by atoms with E-state index in [0.29, 0.717) is 37.9 Å². The second-order valence-electron chi connectivity index (χ2n) is 7.96. The number of hydrogen-bond acceptors (Lipinski definition) is 5. The molecule has 0 radical (unpaired) electrons. The Morgan fingerprint density at radius 2 is 1.96 bits per heavy atom. The van der Waals surface area contributed by atoms with Crippen molar-refractivity contribution in [1.29, 1.82) is 0 Å². The van der Waals surface area contributed by atoms with Gasteiger partial charge in [-0.25, -0.2) is 0 Å². The summed E-state index contributed by atoms with van der Waals surface area (Å²) in [4.78, 5) is 31.6. The number of carbonyl (C=O) groups is 2. The molecule has 4 heterocycles. The summed E-state index contributed by atoms with van der Waals surface area (Å²) in [5.74, 6) is 0.237. The molecule has 148 valence electrons. The molecule has 4 rings (SSSR count). The van der Waals surface area contributed by atoms with E-state index in [-0.39, 0.29) is 11.8 Å². The number of aromatic nitrogens is 2. The van der Waals surface area contributed by atoms with Crippen molar-refractivity contribution < 1.29 is 9.59 Å². The number of amides is 2. The molecule has 1 aromatic heterocycles. The summed E-state index contributed by atoms with van der Waals surface area (Å²) < 4.78 is 0. The lowest BCUT2D eigenvalue weighted by molar-refractivity contribution is -0.136. The van der Waals surface area contributed by atoms with Gasteiger partial charge in [-0.3, -0.25) is 19.6 Å². The van der Waals surface area contributed by atoms with E-state index in [9.17, 15) is 9.59 Å². The molecule has 1 aromatic rings. The summed E-state index contributed by atoms with van der Waals surface area (Å²) in [6, 6.07) is 0.355. The monoisotopic (exact) mass is 374 g/mol. The fourth-order valence-electron chi connectivity index (χ4n) is 4.41. The summed E-state index contributed by atoms with van der Waals surface area (Å²) in [6.07, 6.45) is 4.33. The van der Waals surface area contributed by atoms with Crippen LogP contribution in [0.25, 0.3) is 0 Å². The number of aromatic amines is 1. The molecule has 0 aromatic carbocycles. The molecule has 8 heteroatoms. The van der Waals surface area contributed by atoms with Crippen LogP contribution in [0, 0.1) is 0 Å². The number of fused-ring (bicyclic) bond motifs is 1. The zero-order valence-corrected chi connectivity index (χ0v) is 16.2. The van der Waals surface area contributed by atoms with Gasteiger partial charge in [0.15, 0.2) is 5.69 Å². The topological polar surface area (TPSA) is 84.6 Å². The van der Waals surface area contributed by atoms with E-state index < -0.39 is 0 Å². The lowest BCUT2D eigenvalue weighted by Gasteiger charge is -2.38. The van der Waals surface area contributed by atoms with Crippen LogP contribution in [0.4, 0.5) is 0 Å². The number of nitrogens with one attached hydrogen (secondary N) is 2. The number of hydrogen-bond donors (Lipinski definition) is 2. The van der Waals surface area contributed by atoms with E-state index in [1.54, 1.807) is 0 Å². The van der Waals surface area contributed by atoms with Crippen molar-refractivity contribution in [3.05, 3.63) is 17.0 Å². The predicted molar refractivity (Wildman–Crippen MR) is 101 cm³/mol. The molecule has 27 heavy (non-hydrogen) atoms. The van der Waals surface area contributed by atoms with Crippen LogP contribution < -0.4 is 5.32 Å². The molecule has 0 spiro atoms. The largest absolute Gasteiger partial charge is 0.339 e. The van der Waals surface area contributed by atoms with Crippen LogP contribution in [0.1, 0.15) is 47.9 Å². The first kappa shape index (κ1) is 18.4. The number of piperidine rings is 1. The van der Waals surface area contributed by atoms with Gasteiger partial charge in [0.1, 0.15) is 0 Å². The van der Waals surface area contributed by atoms with Crippen molar-refractivity contribution in [3.63, 3.8) is 0 Å². The van der Waals surface area contributed by atoms with Crippen LogP contribution in [-0.2, 0) is 17.8 Å². The van der Waals surface area contributed by atoms with Gasteiger partial charge in [-0.05, 0) is 26.2 Å². The Bertz CT molecular complexity index is 694. The zero-order chi connectivity index (χ0) is 18.8. The highest BCUT2D eigenvalue weighted by Crippen LogP contribution is 2.19. The van der Waals surface area contributed by atoms with Gasteiger partial charge in [-0.15, -0.1) is 0 Å². The maximum Gasteiger partial charge on any atom is 0.274 e. The van der Waals surface area contributed by atoms with E-state index in [4.69, 9.17) is 0 Å². The molecule has 2 fully saturated rings. The van der Waals surface area contributed by atoms with Gasteiger partial charge in [0.25, 0.3) is 5.91 Å². The summed E-state index contributed by atoms with van der Waals surface area (Å²) >= 11 is 0. The number of carbonyl (C=O) groups excluding carboxylic acids is 2. The summed E-state index contributed by atoms with van der Waals surface area (Å²) in [5.41, 5.74) is 2.66. The highest BCUT2D eigenvalue weighted by Gasteiger charge is 2.30. The van der Waals surface area contributed by atoms with Crippen LogP contribution in [0.2, 0.25) is 0 Å².